The van der Waals surface area contributed by atoms with Crippen LogP contribution in [0.2, 0.25) is 0 Å². The van der Waals surface area contributed by atoms with Gasteiger partial charge in [0.2, 0.25) is 0 Å². The van der Waals surface area contributed by atoms with Gasteiger partial charge in [0, 0.05) is 57.7 Å². The summed E-state index contributed by atoms with van der Waals surface area (Å²) in [6.45, 7) is 8.73. The van der Waals surface area contributed by atoms with Crippen LogP contribution in [0.4, 0.5) is 5.69 Å². The Morgan fingerprint density at radius 3 is 3.00 bits per heavy atom. The molecule has 0 atom stereocenters. The standard InChI is InChI=1S/C14H23N5O/c1-2-16-14(20)13-11-12(3-4-18-13)17-7-10-19-8-5-15-6-9-19/h3-4,11,15H,2,5-10H2,1H3,(H,16,20)(H,17,18). The number of carbonyl (C=O) groups is 1. The number of nitrogens with one attached hydrogen (secondary N) is 3. The molecule has 0 unspecified atom stereocenters. The maximum absolute atomic E-state index is 11.7. The molecule has 1 aromatic rings. The highest BCUT2D eigenvalue weighted by atomic mass is 16.1. The van der Waals surface area contributed by atoms with E-state index in [1.54, 1.807) is 12.3 Å². The van der Waals surface area contributed by atoms with Gasteiger partial charge in [-0.1, -0.05) is 0 Å². The second-order valence-corrected chi connectivity index (χ2v) is 4.81. The number of rotatable bonds is 6. The van der Waals surface area contributed by atoms with Gasteiger partial charge in [-0.05, 0) is 19.1 Å². The molecule has 20 heavy (non-hydrogen) atoms. The van der Waals surface area contributed by atoms with E-state index in [1.807, 2.05) is 13.0 Å². The Morgan fingerprint density at radius 1 is 1.45 bits per heavy atom. The van der Waals surface area contributed by atoms with Gasteiger partial charge in [0.1, 0.15) is 5.69 Å². The van der Waals surface area contributed by atoms with E-state index in [1.165, 1.54) is 0 Å². The van der Waals surface area contributed by atoms with Crippen LogP contribution in [-0.4, -0.2) is 61.6 Å². The molecule has 0 aromatic carbocycles. The quantitative estimate of drug-likeness (QED) is 0.690. The van der Waals surface area contributed by atoms with E-state index in [0.29, 0.717) is 12.2 Å². The van der Waals surface area contributed by atoms with E-state index in [-0.39, 0.29) is 5.91 Å². The van der Waals surface area contributed by atoms with Gasteiger partial charge in [-0.25, -0.2) is 0 Å². The van der Waals surface area contributed by atoms with Gasteiger partial charge in [-0.15, -0.1) is 0 Å². The zero-order valence-electron chi connectivity index (χ0n) is 12.0. The van der Waals surface area contributed by atoms with Crippen molar-refractivity contribution in [3.63, 3.8) is 0 Å². The highest BCUT2D eigenvalue weighted by Gasteiger charge is 2.09. The van der Waals surface area contributed by atoms with Crippen LogP contribution in [0.25, 0.3) is 0 Å². The van der Waals surface area contributed by atoms with Gasteiger partial charge in [0.25, 0.3) is 5.91 Å². The van der Waals surface area contributed by atoms with E-state index in [4.69, 9.17) is 0 Å². The monoisotopic (exact) mass is 277 g/mol. The third-order valence-electron chi connectivity index (χ3n) is 3.30. The molecule has 0 aliphatic carbocycles. The van der Waals surface area contributed by atoms with Crippen LogP contribution in [0, 0.1) is 0 Å². The highest BCUT2D eigenvalue weighted by molar-refractivity contribution is 5.93. The lowest BCUT2D eigenvalue weighted by Gasteiger charge is -2.27. The molecule has 6 nitrogen and oxygen atoms in total. The van der Waals surface area contributed by atoms with E-state index in [2.05, 4.69) is 25.8 Å². The summed E-state index contributed by atoms with van der Waals surface area (Å²) in [7, 11) is 0. The molecule has 1 aliphatic heterocycles. The van der Waals surface area contributed by atoms with Crippen LogP contribution in [0.1, 0.15) is 17.4 Å². The zero-order valence-corrected chi connectivity index (χ0v) is 12.0. The molecular weight excluding hydrogens is 254 g/mol. The van der Waals surface area contributed by atoms with Crippen molar-refractivity contribution in [2.75, 3.05) is 51.1 Å². The third kappa shape index (κ3) is 4.47. The predicted octanol–water partition coefficient (Wildman–Crippen LogP) is 0.148. The summed E-state index contributed by atoms with van der Waals surface area (Å²) in [6, 6.07) is 3.68. The molecule has 3 N–H and O–H groups in total. The smallest absolute Gasteiger partial charge is 0.269 e. The SMILES string of the molecule is CCNC(=O)c1cc(NCCN2CCNCC2)ccn1. The van der Waals surface area contributed by atoms with Crippen molar-refractivity contribution in [2.45, 2.75) is 6.92 Å². The Bertz CT molecular complexity index is 431. The van der Waals surface area contributed by atoms with Gasteiger partial charge < -0.3 is 16.0 Å². The highest BCUT2D eigenvalue weighted by Crippen LogP contribution is 2.07. The fourth-order valence-corrected chi connectivity index (χ4v) is 2.21. The molecule has 0 radical (unpaired) electrons. The van der Waals surface area contributed by atoms with Gasteiger partial charge in [-0.3, -0.25) is 14.7 Å². The van der Waals surface area contributed by atoms with Crippen LogP contribution in [-0.2, 0) is 0 Å². The second kappa shape index (κ2) is 7.81. The van der Waals surface area contributed by atoms with Crippen molar-refractivity contribution in [1.29, 1.82) is 0 Å². The Hall–Kier alpha value is -1.66. The lowest BCUT2D eigenvalue weighted by atomic mass is 10.3. The number of hydrogen-bond donors (Lipinski definition) is 3. The summed E-state index contributed by atoms with van der Waals surface area (Å²) < 4.78 is 0. The predicted molar refractivity (Wildman–Crippen MR) is 80.0 cm³/mol. The minimum Gasteiger partial charge on any atom is -0.384 e. The largest absolute Gasteiger partial charge is 0.384 e. The first kappa shape index (κ1) is 14.7. The second-order valence-electron chi connectivity index (χ2n) is 4.81. The van der Waals surface area contributed by atoms with Crippen LogP contribution < -0.4 is 16.0 Å². The third-order valence-corrected chi connectivity index (χ3v) is 3.30. The fraction of sp³-hybridized carbons (Fsp3) is 0.571. The fourth-order valence-electron chi connectivity index (χ4n) is 2.21. The molecule has 0 saturated carbocycles. The molecule has 2 rings (SSSR count). The van der Waals surface area contributed by atoms with Gasteiger partial charge in [0.05, 0.1) is 0 Å². The van der Waals surface area contributed by atoms with Crippen molar-refractivity contribution in [3.05, 3.63) is 24.0 Å². The number of piperazine rings is 1. The maximum Gasteiger partial charge on any atom is 0.269 e. The molecule has 1 amide bonds. The Balaban J connectivity index is 1.80. The number of aromatic nitrogens is 1. The van der Waals surface area contributed by atoms with Crippen LogP contribution >= 0.6 is 0 Å². The normalized spacial score (nSPS) is 15.8. The van der Waals surface area contributed by atoms with Crippen molar-refractivity contribution < 1.29 is 4.79 Å². The molecule has 110 valence electrons. The maximum atomic E-state index is 11.7. The number of amides is 1. The molecule has 1 aromatic heterocycles. The number of anilines is 1. The summed E-state index contributed by atoms with van der Waals surface area (Å²) in [6.07, 6.45) is 1.66. The lowest BCUT2D eigenvalue weighted by molar-refractivity contribution is 0.0951. The van der Waals surface area contributed by atoms with E-state index in [0.717, 1.165) is 45.0 Å². The number of nitrogens with zero attached hydrogens (tertiary/aromatic N) is 2. The molecule has 0 spiro atoms. The van der Waals surface area contributed by atoms with Crippen molar-refractivity contribution in [1.82, 2.24) is 20.5 Å². The minimum absolute atomic E-state index is 0.127. The average Bonchev–Trinajstić information content (AvgIpc) is 2.49. The molecule has 1 aliphatic rings. The molecule has 1 fully saturated rings. The Labute approximate surface area is 120 Å². The lowest BCUT2D eigenvalue weighted by Crippen LogP contribution is -2.45. The summed E-state index contributed by atoms with van der Waals surface area (Å²) in [5, 5.41) is 9.44. The molecule has 6 heteroatoms. The van der Waals surface area contributed by atoms with Gasteiger partial charge in [0.15, 0.2) is 0 Å². The first-order valence-electron chi connectivity index (χ1n) is 7.21. The van der Waals surface area contributed by atoms with Gasteiger partial charge >= 0.3 is 0 Å². The topological polar surface area (TPSA) is 69.3 Å². The number of hydrogen-bond acceptors (Lipinski definition) is 5. The first-order valence-corrected chi connectivity index (χ1v) is 7.21. The zero-order chi connectivity index (χ0) is 14.2. The number of carbonyl (C=O) groups excluding carboxylic acids is 1. The number of pyridine rings is 1. The van der Waals surface area contributed by atoms with Crippen molar-refractivity contribution in [3.8, 4) is 0 Å². The summed E-state index contributed by atoms with van der Waals surface area (Å²) >= 11 is 0. The molecule has 1 saturated heterocycles. The Morgan fingerprint density at radius 2 is 2.25 bits per heavy atom. The Kier molecular flexibility index (Phi) is 5.76. The summed E-state index contributed by atoms with van der Waals surface area (Å²) in [5.41, 5.74) is 1.40. The van der Waals surface area contributed by atoms with E-state index in [9.17, 15) is 4.79 Å². The summed E-state index contributed by atoms with van der Waals surface area (Å²) in [5.74, 6) is -0.127. The van der Waals surface area contributed by atoms with Crippen molar-refractivity contribution >= 4 is 11.6 Å². The van der Waals surface area contributed by atoms with E-state index >= 15 is 0 Å². The van der Waals surface area contributed by atoms with Crippen molar-refractivity contribution in [2.24, 2.45) is 0 Å². The first-order chi connectivity index (χ1) is 9.79. The molecular formula is C14H23N5O. The van der Waals surface area contributed by atoms with Gasteiger partial charge in [-0.2, -0.15) is 0 Å². The molecule has 0 bridgehead atoms. The minimum atomic E-state index is -0.127. The average molecular weight is 277 g/mol. The van der Waals surface area contributed by atoms with E-state index < -0.39 is 0 Å². The van der Waals surface area contributed by atoms with Crippen LogP contribution in [0.5, 0.6) is 0 Å². The van der Waals surface area contributed by atoms with Crippen LogP contribution in [0.3, 0.4) is 0 Å². The summed E-state index contributed by atoms with van der Waals surface area (Å²) in [4.78, 5) is 18.2. The molecule has 2 heterocycles. The van der Waals surface area contributed by atoms with Crippen LogP contribution in [0.15, 0.2) is 18.3 Å².